The van der Waals surface area contributed by atoms with Gasteiger partial charge >= 0.3 is 5.97 Å². The van der Waals surface area contributed by atoms with Crippen LogP contribution >= 0.6 is 0 Å². The van der Waals surface area contributed by atoms with Gasteiger partial charge in [-0.25, -0.2) is 4.79 Å². The Hall–Kier alpha value is -1.91. The maximum Gasteiger partial charge on any atom is 0.339 e. The van der Waals surface area contributed by atoms with Crippen molar-refractivity contribution in [3.63, 3.8) is 0 Å². The van der Waals surface area contributed by atoms with Crippen molar-refractivity contribution >= 4 is 17.6 Å². The summed E-state index contributed by atoms with van der Waals surface area (Å²) >= 11 is 0. The summed E-state index contributed by atoms with van der Waals surface area (Å²) < 4.78 is 4.66. The van der Waals surface area contributed by atoms with Crippen LogP contribution in [0.25, 0.3) is 0 Å². The fraction of sp³-hybridized carbons (Fsp3) is 0.562. The molecule has 5 heteroatoms. The Morgan fingerprint density at radius 1 is 1.29 bits per heavy atom. The molecule has 1 aliphatic heterocycles. The highest BCUT2D eigenvalue weighted by atomic mass is 16.5. The number of carbonyl (C=O) groups excluding carboxylic acids is 2. The van der Waals surface area contributed by atoms with E-state index in [1.54, 1.807) is 6.07 Å². The largest absolute Gasteiger partial charge is 0.465 e. The minimum Gasteiger partial charge on any atom is -0.465 e. The molecule has 1 amide bonds. The summed E-state index contributed by atoms with van der Waals surface area (Å²) in [6.07, 6.45) is 3.14. The van der Waals surface area contributed by atoms with Gasteiger partial charge in [-0.3, -0.25) is 9.78 Å². The predicted octanol–water partition coefficient (Wildman–Crippen LogP) is 3.37. The first-order valence-corrected chi connectivity index (χ1v) is 7.51. The third-order valence-electron chi connectivity index (χ3n) is 3.65. The number of nitrogens with zero attached hydrogens (tertiary/aromatic N) is 1. The quantitative estimate of drug-likeness (QED) is 0.867. The number of fused-ring (bicyclic) bond motifs is 1. The molecule has 0 saturated heterocycles. The van der Waals surface area contributed by atoms with Crippen molar-refractivity contribution in [1.82, 2.24) is 4.98 Å². The highest BCUT2D eigenvalue weighted by Crippen LogP contribution is 2.38. The standard InChI is InChI=1S/C14H18N2O3.C2H6/c1-4-9-10(5-2)13(17)16-11-6-8(14(18)19-3)7-15-12(9)11;1-2/h6-7,9-10H,4-5H2,1-3H3,(H,16,17);1-2H3. The van der Waals surface area contributed by atoms with E-state index in [0.29, 0.717) is 11.3 Å². The molecule has 2 rings (SSSR count). The molecule has 1 aromatic heterocycles. The smallest absolute Gasteiger partial charge is 0.339 e. The monoisotopic (exact) mass is 292 g/mol. The number of rotatable bonds is 3. The van der Waals surface area contributed by atoms with Gasteiger partial charge in [0.15, 0.2) is 0 Å². The van der Waals surface area contributed by atoms with Crippen molar-refractivity contribution in [2.45, 2.75) is 46.5 Å². The summed E-state index contributed by atoms with van der Waals surface area (Å²) in [7, 11) is 1.32. The van der Waals surface area contributed by atoms with Crippen LogP contribution in [0.1, 0.15) is 62.5 Å². The molecule has 0 bridgehead atoms. The molecule has 1 aliphatic rings. The topological polar surface area (TPSA) is 68.3 Å². The molecule has 1 aromatic rings. The van der Waals surface area contributed by atoms with Gasteiger partial charge in [0, 0.05) is 18.0 Å². The molecule has 1 N–H and O–H groups in total. The molecule has 0 aliphatic carbocycles. The molecule has 2 unspecified atom stereocenters. The van der Waals surface area contributed by atoms with Gasteiger partial charge in [-0.15, -0.1) is 0 Å². The Balaban J connectivity index is 0.00000106. The number of carbonyl (C=O) groups is 2. The van der Waals surface area contributed by atoms with Crippen LogP contribution in [0, 0.1) is 5.92 Å². The van der Waals surface area contributed by atoms with Crippen molar-refractivity contribution in [2.75, 3.05) is 12.4 Å². The number of amides is 1. The fourth-order valence-electron chi connectivity index (χ4n) is 2.65. The SMILES string of the molecule is CC.CCC1C(=O)Nc2cc(C(=O)OC)cnc2C1CC. The lowest BCUT2D eigenvalue weighted by Gasteiger charge is -2.31. The lowest BCUT2D eigenvalue weighted by Crippen LogP contribution is -2.34. The van der Waals surface area contributed by atoms with Crippen molar-refractivity contribution in [3.05, 3.63) is 23.5 Å². The first kappa shape index (κ1) is 17.1. The van der Waals surface area contributed by atoms with E-state index in [-0.39, 0.29) is 17.7 Å². The molecule has 0 spiro atoms. The first-order valence-electron chi connectivity index (χ1n) is 7.51. The molecule has 116 valence electrons. The van der Waals surface area contributed by atoms with E-state index in [0.717, 1.165) is 18.5 Å². The molecular formula is C16H24N2O3. The van der Waals surface area contributed by atoms with E-state index in [2.05, 4.69) is 15.0 Å². The van der Waals surface area contributed by atoms with Gasteiger partial charge in [-0.05, 0) is 18.9 Å². The van der Waals surface area contributed by atoms with Crippen LogP contribution in [-0.2, 0) is 9.53 Å². The zero-order valence-corrected chi connectivity index (χ0v) is 13.4. The summed E-state index contributed by atoms with van der Waals surface area (Å²) in [6.45, 7) is 8.05. The minimum absolute atomic E-state index is 0.00525. The zero-order valence-electron chi connectivity index (χ0n) is 13.4. The summed E-state index contributed by atoms with van der Waals surface area (Å²) in [5.41, 5.74) is 1.84. The van der Waals surface area contributed by atoms with E-state index >= 15 is 0 Å². The van der Waals surface area contributed by atoms with Gasteiger partial charge in [-0.2, -0.15) is 0 Å². The van der Waals surface area contributed by atoms with E-state index < -0.39 is 5.97 Å². The number of anilines is 1. The van der Waals surface area contributed by atoms with Crippen LogP contribution in [0.3, 0.4) is 0 Å². The van der Waals surface area contributed by atoms with Gasteiger partial charge in [-0.1, -0.05) is 27.7 Å². The Bertz CT molecular complexity index is 514. The Kier molecular flexibility index (Phi) is 6.34. The van der Waals surface area contributed by atoms with E-state index in [1.807, 2.05) is 27.7 Å². The predicted molar refractivity (Wildman–Crippen MR) is 82.4 cm³/mol. The van der Waals surface area contributed by atoms with Crippen LogP contribution in [-0.4, -0.2) is 24.0 Å². The molecule has 0 saturated carbocycles. The van der Waals surface area contributed by atoms with Crippen LogP contribution in [0.5, 0.6) is 0 Å². The van der Waals surface area contributed by atoms with Crippen LogP contribution in [0.4, 0.5) is 5.69 Å². The Labute approximate surface area is 126 Å². The van der Waals surface area contributed by atoms with Gasteiger partial charge in [0.2, 0.25) is 5.91 Å². The number of esters is 1. The van der Waals surface area contributed by atoms with Crippen LogP contribution in [0.2, 0.25) is 0 Å². The second-order valence-electron chi connectivity index (χ2n) is 4.67. The maximum atomic E-state index is 12.1. The normalized spacial score (nSPS) is 19.8. The van der Waals surface area contributed by atoms with E-state index in [4.69, 9.17) is 0 Å². The molecule has 2 atom stereocenters. The molecule has 0 fully saturated rings. The van der Waals surface area contributed by atoms with Crippen LogP contribution < -0.4 is 5.32 Å². The minimum atomic E-state index is -0.449. The highest BCUT2D eigenvalue weighted by molar-refractivity contribution is 5.98. The molecule has 0 radical (unpaired) electrons. The van der Waals surface area contributed by atoms with Crippen LogP contribution in [0.15, 0.2) is 12.3 Å². The van der Waals surface area contributed by atoms with Gasteiger partial charge in [0.25, 0.3) is 0 Å². The third-order valence-corrected chi connectivity index (χ3v) is 3.65. The number of hydrogen-bond acceptors (Lipinski definition) is 4. The number of nitrogens with one attached hydrogen (secondary N) is 1. The van der Waals surface area contributed by atoms with Gasteiger partial charge in [0.1, 0.15) is 0 Å². The summed E-state index contributed by atoms with van der Waals surface area (Å²) in [4.78, 5) is 27.9. The summed E-state index contributed by atoms with van der Waals surface area (Å²) in [5.74, 6) is -0.379. The lowest BCUT2D eigenvalue weighted by atomic mass is 9.81. The highest BCUT2D eigenvalue weighted by Gasteiger charge is 2.34. The molecular weight excluding hydrogens is 268 g/mol. The molecule has 2 heterocycles. The second kappa shape index (κ2) is 7.76. The van der Waals surface area contributed by atoms with Gasteiger partial charge in [0.05, 0.1) is 24.1 Å². The average Bonchev–Trinajstić information content (AvgIpc) is 2.53. The van der Waals surface area contributed by atoms with Crippen molar-refractivity contribution < 1.29 is 14.3 Å². The number of hydrogen-bond donors (Lipinski definition) is 1. The van der Waals surface area contributed by atoms with Gasteiger partial charge < -0.3 is 10.1 Å². The zero-order chi connectivity index (χ0) is 16.0. The maximum absolute atomic E-state index is 12.1. The number of ether oxygens (including phenoxy) is 1. The van der Waals surface area contributed by atoms with Crippen molar-refractivity contribution in [1.29, 1.82) is 0 Å². The Morgan fingerprint density at radius 2 is 1.90 bits per heavy atom. The fourth-order valence-corrected chi connectivity index (χ4v) is 2.65. The molecule has 21 heavy (non-hydrogen) atoms. The van der Waals surface area contributed by atoms with Crippen molar-refractivity contribution in [3.8, 4) is 0 Å². The summed E-state index contributed by atoms with van der Waals surface area (Å²) in [5, 5.41) is 2.84. The van der Waals surface area contributed by atoms with E-state index in [9.17, 15) is 9.59 Å². The lowest BCUT2D eigenvalue weighted by molar-refractivity contribution is -0.121. The Morgan fingerprint density at radius 3 is 2.43 bits per heavy atom. The third kappa shape index (κ3) is 3.40. The first-order chi connectivity index (χ1) is 10.1. The summed E-state index contributed by atoms with van der Waals surface area (Å²) in [6, 6.07) is 1.64. The average molecular weight is 292 g/mol. The van der Waals surface area contributed by atoms with Crippen molar-refractivity contribution in [2.24, 2.45) is 5.92 Å². The number of pyridine rings is 1. The second-order valence-corrected chi connectivity index (χ2v) is 4.67. The molecule has 5 nitrogen and oxygen atoms in total. The number of methoxy groups -OCH3 is 1. The van der Waals surface area contributed by atoms with E-state index in [1.165, 1.54) is 13.3 Å². The molecule has 0 aromatic carbocycles. The number of aromatic nitrogens is 1.